The first-order valence-electron chi connectivity index (χ1n) is 1.31. The highest BCUT2D eigenvalue weighted by molar-refractivity contribution is 8.07. The van der Waals surface area contributed by atoms with Crippen LogP contribution >= 0.6 is 24.6 Å². The molecule has 0 bridgehead atoms. The van der Waals surface area contributed by atoms with Crippen molar-refractivity contribution in [3.8, 4) is 0 Å². The Balaban J connectivity index is 2.19. The predicted molar refractivity (Wildman–Crippen MR) is 30.5 cm³/mol. The Morgan fingerprint density at radius 2 is 2.60 bits per heavy atom. The van der Waals surface area contributed by atoms with Gasteiger partial charge in [0.05, 0.1) is 5.08 Å². The van der Waals surface area contributed by atoms with Crippen molar-refractivity contribution in [1.82, 2.24) is 4.72 Å². The monoisotopic (exact) mass is 109 g/mol. The average Bonchev–Trinajstić information content (AvgIpc) is 1.41. The van der Waals surface area contributed by atoms with E-state index < -0.39 is 0 Å². The quantitative estimate of drug-likeness (QED) is 0.308. The lowest BCUT2D eigenvalue weighted by Crippen LogP contribution is -1.88. The zero-order valence-electron chi connectivity index (χ0n) is 3.06. The van der Waals surface area contributed by atoms with E-state index in [-0.39, 0.29) is 0 Å². The summed E-state index contributed by atoms with van der Waals surface area (Å²) >= 11 is 5.48. The van der Waals surface area contributed by atoms with Gasteiger partial charge in [0.2, 0.25) is 0 Å². The zero-order valence-corrected chi connectivity index (χ0v) is 4.77. The molecule has 32 valence electrons. The molecule has 0 unspecified atom stereocenters. The van der Waals surface area contributed by atoms with Gasteiger partial charge in [-0.25, -0.2) is 0 Å². The largest absolute Gasteiger partial charge is 0.267 e. The number of rotatable bonds is 2. The molecule has 0 aliphatic heterocycles. The Morgan fingerprint density at radius 1 is 2.00 bits per heavy atom. The van der Waals surface area contributed by atoms with E-state index in [1.54, 1.807) is 11.9 Å². The standard InChI is InChI=1S/C2H7NS2/c1-3-5-2-4/h3-4H,2H2,1H3. The van der Waals surface area contributed by atoms with Crippen molar-refractivity contribution in [3.63, 3.8) is 0 Å². The van der Waals surface area contributed by atoms with Crippen molar-refractivity contribution in [3.05, 3.63) is 0 Å². The van der Waals surface area contributed by atoms with Crippen LogP contribution in [-0.4, -0.2) is 12.1 Å². The van der Waals surface area contributed by atoms with Crippen molar-refractivity contribution >= 4 is 24.6 Å². The second kappa shape index (κ2) is 4.66. The first kappa shape index (κ1) is 5.66. The predicted octanol–water partition coefficient (Wildman–Crippen LogP) is 0.741. The molecular weight excluding hydrogens is 102 g/mol. The second-order valence-electron chi connectivity index (χ2n) is 0.478. The minimum Gasteiger partial charge on any atom is -0.267 e. The highest BCUT2D eigenvalue weighted by Crippen LogP contribution is 1.89. The first-order chi connectivity index (χ1) is 2.41. The van der Waals surface area contributed by atoms with Crippen LogP contribution in [0.4, 0.5) is 0 Å². The van der Waals surface area contributed by atoms with Crippen LogP contribution in [0.5, 0.6) is 0 Å². The summed E-state index contributed by atoms with van der Waals surface area (Å²) in [4.78, 5) is 0. The van der Waals surface area contributed by atoms with E-state index in [9.17, 15) is 0 Å². The van der Waals surface area contributed by atoms with Gasteiger partial charge >= 0.3 is 0 Å². The topological polar surface area (TPSA) is 12.0 Å². The van der Waals surface area contributed by atoms with Crippen LogP contribution in [0.15, 0.2) is 0 Å². The summed E-state index contributed by atoms with van der Waals surface area (Å²) in [5.41, 5.74) is 0. The highest BCUT2D eigenvalue weighted by Gasteiger charge is 1.65. The van der Waals surface area contributed by atoms with Gasteiger partial charge in [-0.2, -0.15) is 12.6 Å². The lowest BCUT2D eigenvalue weighted by atomic mass is 11.6. The molecule has 0 aliphatic rings. The Kier molecular flexibility index (Phi) is 5.28. The molecule has 1 nitrogen and oxygen atoms in total. The SMILES string of the molecule is CNSCS. The highest BCUT2D eigenvalue weighted by atomic mass is 32.2. The van der Waals surface area contributed by atoms with E-state index in [2.05, 4.69) is 17.4 Å². The van der Waals surface area contributed by atoms with E-state index in [1.807, 2.05) is 7.05 Å². The van der Waals surface area contributed by atoms with E-state index >= 15 is 0 Å². The molecule has 3 heteroatoms. The molecular formula is C2H7NS2. The molecule has 0 saturated heterocycles. The minimum absolute atomic E-state index is 0.844. The van der Waals surface area contributed by atoms with Gasteiger partial charge in [-0.3, -0.25) is 4.72 Å². The lowest BCUT2D eigenvalue weighted by Gasteiger charge is -1.83. The molecule has 0 amide bonds. The van der Waals surface area contributed by atoms with Crippen LogP contribution in [0.25, 0.3) is 0 Å². The van der Waals surface area contributed by atoms with Gasteiger partial charge in [0.1, 0.15) is 0 Å². The van der Waals surface area contributed by atoms with Gasteiger partial charge in [-0.15, -0.1) is 0 Å². The third kappa shape index (κ3) is 4.66. The molecule has 0 atom stereocenters. The Morgan fingerprint density at radius 3 is 2.60 bits per heavy atom. The summed E-state index contributed by atoms with van der Waals surface area (Å²) in [5.74, 6) is 0. The average molecular weight is 109 g/mol. The fourth-order valence-corrected chi connectivity index (χ4v) is 0.581. The van der Waals surface area contributed by atoms with E-state index in [1.165, 1.54) is 0 Å². The summed E-state index contributed by atoms with van der Waals surface area (Å²) in [6, 6.07) is 0. The summed E-state index contributed by atoms with van der Waals surface area (Å²) < 4.78 is 2.86. The molecule has 0 radical (unpaired) electrons. The van der Waals surface area contributed by atoms with Gasteiger partial charge in [0.15, 0.2) is 0 Å². The van der Waals surface area contributed by atoms with Crippen molar-refractivity contribution in [2.75, 3.05) is 12.1 Å². The van der Waals surface area contributed by atoms with Gasteiger partial charge < -0.3 is 0 Å². The summed E-state index contributed by atoms with van der Waals surface area (Å²) in [5, 5.41) is 0.844. The molecule has 0 aliphatic carbocycles. The van der Waals surface area contributed by atoms with Crippen molar-refractivity contribution in [2.24, 2.45) is 0 Å². The molecule has 0 rings (SSSR count). The molecule has 0 fully saturated rings. The molecule has 0 spiro atoms. The normalized spacial score (nSPS) is 8.40. The van der Waals surface area contributed by atoms with Crippen molar-refractivity contribution < 1.29 is 0 Å². The Labute approximate surface area is 42.1 Å². The molecule has 5 heavy (non-hydrogen) atoms. The van der Waals surface area contributed by atoms with Crippen LogP contribution in [0.3, 0.4) is 0 Å². The fourth-order valence-electron chi connectivity index (χ4n) is 0.0645. The number of thiol groups is 1. The number of nitrogens with one attached hydrogen (secondary N) is 1. The van der Waals surface area contributed by atoms with Gasteiger partial charge in [-0.1, -0.05) is 11.9 Å². The fraction of sp³-hybridized carbons (Fsp3) is 1.00. The van der Waals surface area contributed by atoms with Crippen LogP contribution in [0.2, 0.25) is 0 Å². The van der Waals surface area contributed by atoms with Crippen molar-refractivity contribution in [2.45, 2.75) is 0 Å². The third-order valence-electron chi connectivity index (χ3n) is 0.209. The Hall–Kier alpha value is 0.660. The summed E-state index contributed by atoms with van der Waals surface area (Å²) in [6.45, 7) is 0. The van der Waals surface area contributed by atoms with E-state index in [0.29, 0.717) is 0 Å². The zero-order chi connectivity index (χ0) is 4.12. The molecule has 0 aromatic heterocycles. The summed E-state index contributed by atoms with van der Waals surface area (Å²) in [7, 11) is 1.88. The van der Waals surface area contributed by atoms with Gasteiger partial charge in [0, 0.05) is 0 Å². The van der Waals surface area contributed by atoms with Crippen molar-refractivity contribution in [1.29, 1.82) is 0 Å². The maximum absolute atomic E-state index is 3.90. The first-order valence-corrected chi connectivity index (χ1v) is 2.93. The van der Waals surface area contributed by atoms with Crippen LogP contribution < -0.4 is 4.72 Å². The smallest absolute Gasteiger partial charge is 0.0507 e. The van der Waals surface area contributed by atoms with Crippen LogP contribution in [0.1, 0.15) is 0 Å². The lowest BCUT2D eigenvalue weighted by molar-refractivity contribution is 1.30. The van der Waals surface area contributed by atoms with Gasteiger partial charge in [-0.05, 0) is 7.05 Å². The maximum atomic E-state index is 3.90. The molecule has 0 saturated carbocycles. The number of hydrogen-bond donors (Lipinski definition) is 2. The van der Waals surface area contributed by atoms with Crippen LogP contribution in [-0.2, 0) is 0 Å². The van der Waals surface area contributed by atoms with E-state index in [0.717, 1.165) is 5.08 Å². The molecule has 0 aromatic carbocycles. The Bertz CT molecular complexity index is 15.1. The van der Waals surface area contributed by atoms with Gasteiger partial charge in [0.25, 0.3) is 0 Å². The second-order valence-corrected chi connectivity index (χ2v) is 2.21. The van der Waals surface area contributed by atoms with Crippen LogP contribution in [0, 0.1) is 0 Å². The third-order valence-corrected chi connectivity index (χ3v) is 1.01. The van der Waals surface area contributed by atoms with E-state index in [4.69, 9.17) is 0 Å². The molecule has 1 N–H and O–H groups in total. The maximum Gasteiger partial charge on any atom is 0.0507 e. The number of hydrogen-bond acceptors (Lipinski definition) is 3. The summed E-state index contributed by atoms with van der Waals surface area (Å²) in [6.07, 6.45) is 0. The molecule has 0 heterocycles. The minimum atomic E-state index is 0.844. The molecule has 0 aromatic rings.